The van der Waals surface area contributed by atoms with E-state index in [2.05, 4.69) is 15.5 Å². The number of nitrogens with two attached hydrogens (primary N) is 1. The highest BCUT2D eigenvalue weighted by atomic mass is 16.6. The minimum Gasteiger partial charge on any atom is -0.495 e. The summed E-state index contributed by atoms with van der Waals surface area (Å²) < 4.78 is 10.5. The highest BCUT2D eigenvalue weighted by Crippen LogP contribution is 2.32. The van der Waals surface area contributed by atoms with Gasteiger partial charge in [-0.15, -0.1) is 0 Å². The Bertz CT molecular complexity index is 674. The Morgan fingerprint density at radius 1 is 1.36 bits per heavy atom. The Kier molecular flexibility index (Phi) is 4.25. The number of ether oxygens (including phenoxy) is 2. The zero-order chi connectivity index (χ0) is 16.3. The predicted octanol–water partition coefficient (Wildman–Crippen LogP) is 3.01. The first-order valence-corrected chi connectivity index (χ1v) is 6.77. The molecule has 118 valence electrons. The molecule has 0 fully saturated rings. The van der Waals surface area contributed by atoms with Crippen molar-refractivity contribution in [2.24, 2.45) is 0 Å². The van der Waals surface area contributed by atoms with Crippen molar-refractivity contribution in [2.75, 3.05) is 18.2 Å². The highest BCUT2D eigenvalue weighted by Gasteiger charge is 2.18. The van der Waals surface area contributed by atoms with Crippen LogP contribution in [-0.2, 0) is 4.74 Å². The van der Waals surface area contributed by atoms with Crippen molar-refractivity contribution in [3.63, 3.8) is 0 Å². The Labute approximate surface area is 128 Å². The number of nitrogens with zero attached hydrogens (tertiary/aromatic N) is 1. The summed E-state index contributed by atoms with van der Waals surface area (Å²) in [4.78, 5) is 11.9. The van der Waals surface area contributed by atoms with Crippen LogP contribution in [0.2, 0.25) is 0 Å². The van der Waals surface area contributed by atoms with Crippen LogP contribution in [0.15, 0.2) is 24.4 Å². The number of H-pyrrole nitrogens is 1. The van der Waals surface area contributed by atoms with Gasteiger partial charge in [0.05, 0.1) is 19.0 Å². The van der Waals surface area contributed by atoms with Gasteiger partial charge >= 0.3 is 6.09 Å². The summed E-state index contributed by atoms with van der Waals surface area (Å²) in [6.45, 7) is 5.39. The summed E-state index contributed by atoms with van der Waals surface area (Å²) in [7, 11) is 1.53. The average molecular weight is 304 g/mol. The number of carbonyl (C=O) groups is 1. The third-order valence-corrected chi connectivity index (χ3v) is 2.81. The number of benzene rings is 1. The number of carbonyl (C=O) groups excluding carboxylic acids is 1. The van der Waals surface area contributed by atoms with E-state index < -0.39 is 11.7 Å². The topological polar surface area (TPSA) is 102 Å². The van der Waals surface area contributed by atoms with Crippen molar-refractivity contribution in [3.8, 4) is 16.9 Å². The molecule has 22 heavy (non-hydrogen) atoms. The van der Waals surface area contributed by atoms with E-state index in [4.69, 9.17) is 15.2 Å². The van der Waals surface area contributed by atoms with Crippen molar-refractivity contribution >= 4 is 17.6 Å². The van der Waals surface area contributed by atoms with Gasteiger partial charge in [0.1, 0.15) is 17.2 Å². The second-order valence-corrected chi connectivity index (χ2v) is 5.74. The molecule has 0 spiro atoms. The Morgan fingerprint density at radius 2 is 2.09 bits per heavy atom. The molecule has 0 saturated heterocycles. The maximum atomic E-state index is 11.9. The van der Waals surface area contributed by atoms with Crippen LogP contribution in [0, 0.1) is 0 Å². The largest absolute Gasteiger partial charge is 0.495 e. The van der Waals surface area contributed by atoms with Crippen LogP contribution in [0.1, 0.15) is 20.8 Å². The van der Waals surface area contributed by atoms with E-state index in [1.165, 1.54) is 7.11 Å². The monoisotopic (exact) mass is 304 g/mol. The summed E-state index contributed by atoms with van der Waals surface area (Å²) in [5.74, 6) is 0.977. The van der Waals surface area contributed by atoms with Gasteiger partial charge in [-0.25, -0.2) is 4.79 Å². The number of nitrogen functional groups attached to an aromatic ring is 1. The van der Waals surface area contributed by atoms with E-state index in [-0.39, 0.29) is 0 Å². The lowest BCUT2D eigenvalue weighted by Gasteiger charge is -2.20. The van der Waals surface area contributed by atoms with Gasteiger partial charge in [0.25, 0.3) is 0 Å². The molecule has 0 atom stereocenters. The van der Waals surface area contributed by atoms with E-state index in [0.717, 1.165) is 11.1 Å². The minimum absolute atomic E-state index is 0.452. The summed E-state index contributed by atoms with van der Waals surface area (Å²) >= 11 is 0. The Hall–Kier alpha value is -2.70. The molecule has 4 N–H and O–H groups in total. The summed E-state index contributed by atoms with van der Waals surface area (Å²) in [6, 6.07) is 5.33. The molecule has 0 bridgehead atoms. The third-order valence-electron chi connectivity index (χ3n) is 2.81. The second-order valence-electron chi connectivity index (χ2n) is 5.74. The molecule has 0 unspecified atom stereocenters. The normalized spacial score (nSPS) is 11.1. The molecule has 2 rings (SSSR count). The zero-order valence-electron chi connectivity index (χ0n) is 13.1. The molecular formula is C15H20N4O3. The van der Waals surface area contributed by atoms with Crippen molar-refractivity contribution in [2.45, 2.75) is 26.4 Å². The third kappa shape index (κ3) is 3.69. The molecular weight excluding hydrogens is 284 g/mol. The average Bonchev–Trinajstić information content (AvgIpc) is 2.82. The summed E-state index contributed by atoms with van der Waals surface area (Å²) in [6.07, 6.45) is 1.07. The molecule has 7 nitrogen and oxygen atoms in total. The number of hydrogen-bond donors (Lipinski definition) is 3. The SMILES string of the molecule is COc1ccc(-c2cn[nH]c2N)cc1NC(=O)OC(C)(C)C. The lowest BCUT2D eigenvalue weighted by molar-refractivity contribution is 0.0635. The fourth-order valence-corrected chi connectivity index (χ4v) is 1.91. The molecule has 0 aliphatic rings. The molecule has 0 aliphatic carbocycles. The quantitative estimate of drug-likeness (QED) is 0.809. The van der Waals surface area contributed by atoms with E-state index in [1.54, 1.807) is 39.1 Å². The zero-order valence-corrected chi connectivity index (χ0v) is 13.1. The van der Waals surface area contributed by atoms with Crippen molar-refractivity contribution in [1.29, 1.82) is 0 Å². The van der Waals surface area contributed by atoms with Gasteiger partial charge in [-0.1, -0.05) is 6.07 Å². The van der Waals surface area contributed by atoms with Crippen molar-refractivity contribution in [1.82, 2.24) is 10.2 Å². The minimum atomic E-state index is -0.579. The lowest BCUT2D eigenvalue weighted by Crippen LogP contribution is -2.27. The molecule has 0 radical (unpaired) electrons. The van der Waals surface area contributed by atoms with E-state index in [0.29, 0.717) is 17.3 Å². The van der Waals surface area contributed by atoms with Crippen LogP contribution >= 0.6 is 0 Å². The van der Waals surface area contributed by atoms with Crippen LogP contribution in [0.5, 0.6) is 5.75 Å². The maximum absolute atomic E-state index is 11.9. The Morgan fingerprint density at radius 3 is 2.64 bits per heavy atom. The van der Waals surface area contributed by atoms with Gasteiger partial charge in [-0.05, 0) is 38.5 Å². The number of rotatable bonds is 3. The van der Waals surface area contributed by atoms with Gasteiger partial charge in [0.2, 0.25) is 0 Å². The number of nitrogens with one attached hydrogen (secondary N) is 2. The van der Waals surface area contributed by atoms with Gasteiger partial charge in [0, 0.05) is 5.56 Å². The van der Waals surface area contributed by atoms with Crippen molar-refractivity contribution in [3.05, 3.63) is 24.4 Å². The van der Waals surface area contributed by atoms with Crippen LogP contribution < -0.4 is 15.8 Å². The number of aromatic amines is 1. The van der Waals surface area contributed by atoms with Gasteiger partial charge in [-0.2, -0.15) is 5.10 Å². The lowest BCUT2D eigenvalue weighted by atomic mass is 10.1. The molecule has 1 amide bonds. The van der Waals surface area contributed by atoms with Crippen LogP contribution in [0.3, 0.4) is 0 Å². The first-order chi connectivity index (χ1) is 10.3. The Balaban J connectivity index is 2.29. The molecule has 7 heteroatoms. The van der Waals surface area contributed by atoms with Crippen molar-refractivity contribution < 1.29 is 14.3 Å². The van der Waals surface area contributed by atoms with Crippen LogP contribution in [-0.4, -0.2) is 29.0 Å². The molecule has 1 heterocycles. The van der Waals surface area contributed by atoms with Crippen LogP contribution in [0.4, 0.5) is 16.3 Å². The first-order valence-electron chi connectivity index (χ1n) is 6.77. The fraction of sp³-hybridized carbons (Fsp3) is 0.333. The molecule has 0 saturated carbocycles. The molecule has 0 aliphatic heterocycles. The van der Waals surface area contributed by atoms with E-state index >= 15 is 0 Å². The van der Waals surface area contributed by atoms with E-state index in [9.17, 15) is 4.79 Å². The standard InChI is InChI=1S/C15H20N4O3/c1-15(2,3)22-14(20)18-11-7-9(5-6-12(11)21-4)10-8-17-19-13(10)16/h5-8H,1-4H3,(H,18,20)(H3,16,17,19). The molecule has 1 aromatic carbocycles. The molecule has 2 aromatic rings. The number of hydrogen-bond acceptors (Lipinski definition) is 5. The number of aromatic nitrogens is 2. The van der Waals surface area contributed by atoms with Gasteiger partial charge < -0.3 is 15.2 Å². The number of amides is 1. The maximum Gasteiger partial charge on any atom is 0.412 e. The fourth-order valence-electron chi connectivity index (χ4n) is 1.91. The predicted molar refractivity (Wildman–Crippen MR) is 84.8 cm³/mol. The first kappa shape index (κ1) is 15.7. The smallest absolute Gasteiger partial charge is 0.412 e. The van der Waals surface area contributed by atoms with Gasteiger partial charge in [-0.3, -0.25) is 10.4 Å². The summed E-state index contributed by atoms with van der Waals surface area (Å²) in [5, 5.41) is 9.24. The van der Waals surface area contributed by atoms with E-state index in [1.807, 2.05) is 6.07 Å². The highest BCUT2D eigenvalue weighted by molar-refractivity contribution is 5.89. The molecule has 1 aromatic heterocycles. The number of anilines is 2. The number of methoxy groups -OCH3 is 1. The van der Waals surface area contributed by atoms with Crippen LogP contribution in [0.25, 0.3) is 11.1 Å². The second kappa shape index (κ2) is 5.97. The van der Waals surface area contributed by atoms with Gasteiger partial charge in [0.15, 0.2) is 0 Å². The summed E-state index contributed by atoms with van der Waals surface area (Å²) in [5.41, 5.74) is 7.28.